The standard InChI is InChI=1S/C11H16N2O/c1-4-14-11-7-5-10(6-8-11)9-12-13(2)3/h5-9H,4H2,1-3H3/b12-9+. The predicted molar refractivity (Wildman–Crippen MR) is 58.9 cm³/mol. The highest BCUT2D eigenvalue weighted by atomic mass is 16.5. The number of hydrogen-bond donors (Lipinski definition) is 0. The van der Waals surface area contributed by atoms with Crippen LogP contribution in [0.15, 0.2) is 29.4 Å². The number of hydrazone groups is 1. The first-order valence-corrected chi connectivity index (χ1v) is 4.66. The van der Waals surface area contributed by atoms with Crippen molar-refractivity contribution in [3.05, 3.63) is 29.8 Å². The lowest BCUT2D eigenvalue weighted by Gasteiger charge is -2.04. The Morgan fingerprint density at radius 2 is 1.93 bits per heavy atom. The fraction of sp³-hybridized carbons (Fsp3) is 0.364. The lowest BCUT2D eigenvalue weighted by Crippen LogP contribution is -2.01. The highest BCUT2D eigenvalue weighted by molar-refractivity contribution is 5.79. The van der Waals surface area contributed by atoms with Crippen molar-refractivity contribution in [3.63, 3.8) is 0 Å². The second-order valence-electron chi connectivity index (χ2n) is 3.09. The molecule has 0 atom stereocenters. The SMILES string of the molecule is CCOc1ccc(/C=N/N(C)C)cc1. The maximum absolute atomic E-state index is 5.33. The molecule has 0 aromatic heterocycles. The second-order valence-corrected chi connectivity index (χ2v) is 3.09. The monoisotopic (exact) mass is 192 g/mol. The van der Waals surface area contributed by atoms with Crippen LogP contribution in [-0.2, 0) is 0 Å². The molecule has 0 aliphatic carbocycles. The maximum atomic E-state index is 5.33. The third-order valence-electron chi connectivity index (χ3n) is 1.63. The quantitative estimate of drug-likeness (QED) is 0.538. The Kier molecular flexibility index (Phi) is 3.98. The van der Waals surface area contributed by atoms with Gasteiger partial charge in [0, 0.05) is 14.1 Å². The molecule has 0 aliphatic heterocycles. The summed E-state index contributed by atoms with van der Waals surface area (Å²) in [6.07, 6.45) is 1.82. The molecule has 3 heteroatoms. The smallest absolute Gasteiger partial charge is 0.119 e. The summed E-state index contributed by atoms with van der Waals surface area (Å²) < 4.78 is 5.33. The third kappa shape index (κ3) is 3.47. The number of benzene rings is 1. The lowest BCUT2D eigenvalue weighted by atomic mass is 10.2. The van der Waals surface area contributed by atoms with Crippen LogP contribution in [0.3, 0.4) is 0 Å². The fourth-order valence-electron chi connectivity index (χ4n) is 0.999. The van der Waals surface area contributed by atoms with Crippen molar-refractivity contribution < 1.29 is 4.74 Å². The zero-order valence-electron chi connectivity index (χ0n) is 8.90. The van der Waals surface area contributed by atoms with E-state index >= 15 is 0 Å². The normalized spacial score (nSPS) is 10.5. The molecule has 0 saturated heterocycles. The van der Waals surface area contributed by atoms with Crippen LogP contribution >= 0.6 is 0 Å². The van der Waals surface area contributed by atoms with Gasteiger partial charge in [-0.05, 0) is 36.8 Å². The van der Waals surface area contributed by atoms with E-state index in [4.69, 9.17) is 4.74 Å². The summed E-state index contributed by atoms with van der Waals surface area (Å²) in [5.41, 5.74) is 1.07. The Labute approximate surface area is 85.0 Å². The molecule has 0 bridgehead atoms. The Balaban J connectivity index is 2.64. The van der Waals surface area contributed by atoms with Gasteiger partial charge in [-0.2, -0.15) is 5.10 Å². The van der Waals surface area contributed by atoms with Crippen LogP contribution in [0.1, 0.15) is 12.5 Å². The van der Waals surface area contributed by atoms with Crippen molar-refractivity contribution in [3.8, 4) is 5.75 Å². The molecule has 0 amide bonds. The Bertz CT molecular complexity index is 291. The zero-order chi connectivity index (χ0) is 10.4. The summed E-state index contributed by atoms with van der Waals surface area (Å²) in [7, 11) is 3.79. The van der Waals surface area contributed by atoms with Gasteiger partial charge < -0.3 is 9.75 Å². The van der Waals surface area contributed by atoms with Crippen molar-refractivity contribution in [2.24, 2.45) is 5.10 Å². The molecule has 0 unspecified atom stereocenters. The van der Waals surface area contributed by atoms with Crippen LogP contribution in [0.5, 0.6) is 5.75 Å². The van der Waals surface area contributed by atoms with Crippen molar-refractivity contribution >= 4 is 6.21 Å². The molecule has 0 heterocycles. The van der Waals surface area contributed by atoms with Gasteiger partial charge in [0.2, 0.25) is 0 Å². The van der Waals surface area contributed by atoms with E-state index in [-0.39, 0.29) is 0 Å². The van der Waals surface area contributed by atoms with E-state index in [0.29, 0.717) is 6.61 Å². The van der Waals surface area contributed by atoms with Crippen molar-refractivity contribution in [2.45, 2.75) is 6.92 Å². The van der Waals surface area contributed by atoms with Crippen LogP contribution in [0, 0.1) is 0 Å². The van der Waals surface area contributed by atoms with Gasteiger partial charge in [0.1, 0.15) is 5.75 Å². The highest BCUT2D eigenvalue weighted by Crippen LogP contribution is 2.10. The van der Waals surface area contributed by atoms with Gasteiger partial charge in [-0.15, -0.1) is 0 Å². The summed E-state index contributed by atoms with van der Waals surface area (Å²) in [6.45, 7) is 2.67. The minimum absolute atomic E-state index is 0.700. The average molecular weight is 192 g/mol. The highest BCUT2D eigenvalue weighted by Gasteiger charge is 1.91. The van der Waals surface area contributed by atoms with Gasteiger partial charge in [0.15, 0.2) is 0 Å². The molecule has 3 nitrogen and oxygen atoms in total. The summed E-state index contributed by atoms with van der Waals surface area (Å²) in [4.78, 5) is 0. The largest absolute Gasteiger partial charge is 0.494 e. The Hall–Kier alpha value is -1.51. The van der Waals surface area contributed by atoms with Gasteiger partial charge in [-0.3, -0.25) is 0 Å². The Morgan fingerprint density at radius 1 is 1.29 bits per heavy atom. The summed E-state index contributed by atoms with van der Waals surface area (Å²) in [5, 5.41) is 5.90. The van der Waals surface area contributed by atoms with E-state index in [0.717, 1.165) is 11.3 Å². The molecule has 0 radical (unpaired) electrons. The Morgan fingerprint density at radius 3 is 2.43 bits per heavy atom. The zero-order valence-corrected chi connectivity index (χ0v) is 8.90. The first kappa shape index (κ1) is 10.6. The molecule has 0 spiro atoms. The van der Waals surface area contributed by atoms with E-state index in [1.54, 1.807) is 5.01 Å². The molecular weight excluding hydrogens is 176 g/mol. The molecule has 0 N–H and O–H groups in total. The summed E-state index contributed by atoms with van der Waals surface area (Å²) in [5.74, 6) is 0.898. The third-order valence-corrected chi connectivity index (χ3v) is 1.63. The van der Waals surface area contributed by atoms with Crippen LogP contribution in [0.4, 0.5) is 0 Å². The van der Waals surface area contributed by atoms with Crippen molar-refractivity contribution in [2.75, 3.05) is 20.7 Å². The van der Waals surface area contributed by atoms with Crippen LogP contribution in [0.2, 0.25) is 0 Å². The maximum Gasteiger partial charge on any atom is 0.119 e. The molecule has 0 aliphatic rings. The molecular formula is C11H16N2O. The fourth-order valence-corrected chi connectivity index (χ4v) is 0.999. The van der Waals surface area contributed by atoms with Crippen molar-refractivity contribution in [1.82, 2.24) is 5.01 Å². The minimum Gasteiger partial charge on any atom is -0.494 e. The first-order chi connectivity index (χ1) is 6.72. The first-order valence-electron chi connectivity index (χ1n) is 4.66. The number of ether oxygens (including phenoxy) is 1. The molecule has 76 valence electrons. The minimum atomic E-state index is 0.700. The molecule has 14 heavy (non-hydrogen) atoms. The van der Waals surface area contributed by atoms with Gasteiger partial charge in [0.25, 0.3) is 0 Å². The number of rotatable bonds is 4. The van der Waals surface area contributed by atoms with E-state index in [1.807, 2.05) is 51.5 Å². The number of hydrogen-bond acceptors (Lipinski definition) is 3. The predicted octanol–water partition coefficient (Wildman–Crippen LogP) is 1.98. The topological polar surface area (TPSA) is 24.8 Å². The average Bonchev–Trinajstić information content (AvgIpc) is 2.17. The van der Waals surface area contributed by atoms with Crippen molar-refractivity contribution in [1.29, 1.82) is 0 Å². The van der Waals surface area contributed by atoms with Gasteiger partial charge in [0.05, 0.1) is 12.8 Å². The van der Waals surface area contributed by atoms with Crippen LogP contribution in [0.25, 0.3) is 0 Å². The van der Waals surface area contributed by atoms with Crippen LogP contribution in [-0.4, -0.2) is 31.9 Å². The van der Waals surface area contributed by atoms with E-state index < -0.39 is 0 Å². The van der Waals surface area contributed by atoms with E-state index in [1.165, 1.54) is 0 Å². The molecule has 0 fully saturated rings. The summed E-state index contributed by atoms with van der Waals surface area (Å²) >= 11 is 0. The number of nitrogens with zero attached hydrogens (tertiary/aromatic N) is 2. The molecule has 1 rings (SSSR count). The van der Waals surface area contributed by atoms with Gasteiger partial charge >= 0.3 is 0 Å². The molecule has 1 aromatic carbocycles. The van der Waals surface area contributed by atoms with Crippen LogP contribution < -0.4 is 4.74 Å². The van der Waals surface area contributed by atoms with E-state index in [9.17, 15) is 0 Å². The van der Waals surface area contributed by atoms with Gasteiger partial charge in [-0.25, -0.2) is 0 Å². The summed E-state index contributed by atoms with van der Waals surface area (Å²) in [6, 6.07) is 7.86. The second kappa shape index (κ2) is 5.27. The van der Waals surface area contributed by atoms with E-state index in [2.05, 4.69) is 5.10 Å². The molecule has 0 saturated carbocycles. The molecule has 1 aromatic rings. The lowest BCUT2D eigenvalue weighted by molar-refractivity contribution is 0.340. The van der Waals surface area contributed by atoms with Gasteiger partial charge in [-0.1, -0.05) is 0 Å².